The lowest BCUT2D eigenvalue weighted by Crippen LogP contribution is -2.12. The maximum Gasteiger partial charge on any atom is 0.183 e. The van der Waals surface area contributed by atoms with E-state index in [-0.39, 0.29) is 0 Å². The van der Waals surface area contributed by atoms with Crippen molar-refractivity contribution in [3.8, 4) is 6.19 Å². The van der Waals surface area contributed by atoms with Crippen molar-refractivity contribution in [2.45, 2.75) is 6.92 Å². The Balaban J connectivity index is 2.89. The number of nitriles is 1. The Labute approximate surface area is 87.1 Å². The first-order chi connectivity index (χ1) is 6.76. The molecule has 1 aromatic heterocycles. The normalized spacial score (nSPS) is 10.8. The largest absolute Gasteiger partial charge is 0.271 e. The topological polar surface area (TPSA) is 61.1 Å². The summed E-state index contributed by atoms with van der Waals surface area (Å²) in [5.74, 6) is 0. The predicted octanol–water partition coefficient (Wildman–Crippen LogP) is 1.81. The molecule has 0 radical (unpaired) electrons. The van der Waals surface area contributed by atoms with E-state index in [9.17, 15) is 0 Å². The zero-order valence-electron chi connectivity index (χ0n) is 7.98. The van der Waals surface area contributed by atoms with Crippen LogP contribution in [0, 0.1) is 18.4 Å². The van der Waals surface area contributed by atoms with E-state index >= 15 is 0 Å². The Bertz CT molecular complexity index is 381. The molecule has 72 valence electrons. The summed E-state index contributed by atoms with van der Waals surface area (Å²) in [5.41, 5.74) is 1.70. The molecule has 0 aliphatic heterocycles. The first kappa shape index (κ1) is 10.5. The fraction of sp³-hybridized carbons (Fsp3) is 0.222. The van der Waals surface area contributed by atoms with Crippen LogP contribution in [-0.4, -0.2) is 16.4 Å². The van der Waals surface area contributed by atoms with Gasteiger partial charge in [0.2, 0.25) is 0 Å². The lowest BCUT2D eigenvalue weighted by atomic mass is 10.3. The van der Waals surface area contributed by atoms with Crippen molar-refractivity contribution >= 4 is 22.6 Å². The van der Waals surface area contributed by atoms with E-state index in [1.807, 2.05) is 25.4 Å². The van der Waals surface area contributed by atoms with Crippen molar-refractivity contribution in [1.29, 1.82) is 5.26 Å². The van der Waals surface area contributed by atoms with Crippen LogP contribution in [0.1, 0.15) is 5.69 Å². The monoisotopic (exact) mass is 206 g/mol. The molecule has 0 amide bonds. The number of nitrogens with one attached hydrogen (secondary N) is 1. The van der Waals surface area contributed by atoms with Gasteiger partial charge in [-0.05, 0) is 25.3 Å². The number of aromatic nitrogens is 1. The fourth-order valence-electron chi connectivity index (χ4n) is 0.890. The lowest BCUT2D eigenvalue weighted by Gasteiger charge is -1.99. The fourth-order valence-corrected chi connectivity index (χ4v) is 1.23. The third kappa shape index (κ3) is 3.07. The number of pyridine rings is 1. The quantitative estimate of drug-likeness (QED) is 0.329. The van der Waals surface area contributed by atoms with Crippen LogP contribution in [-0.2, 0) is 0 Å². The van der Waals surface area contributed by atoms with Gasteiger partial charge in [0.15, 0.2) is 11.4 Å². The number of amidine groups is 1. The number of aryl methyl sites for hydroxylation is 1. The highest BCUT2D eigenvalue weighted by Gasteiger charge is 1.96. The molecule has 0 fully saturated rings. The summed E-state index contributed by atoms with van der Waals surface area (Å²) < 4.78 is 0. The maximum atomic E-state index is 8.43. The highest BCUT2D eigenvalue weighted by Crippen LogP contribution is 2.13. The van der Waals surface area contributed by atoms with Crippen LogP contribution in [0.5, 0.6) is 0 Å². The maximum absolute atomic E-state index is 8.43. The van der Waals surface area contributed by atoms with Gasteiger partial charge < -0.3 is 0 Å². The zero-order valence-corrected chi connectivity index (χ0v) is 8.80. The molecule has 0 aromatic carbocycles. The second-order valence-electron chi connectivity index (χ2n) is 2.51. The van der Waals surface area contributed by atoms with Crippen molar-refractivity contribution in [2.75, 3.05) is 6.26 Å². The van der Waals surface area contributed by atoms with Crippen LogP contribution < -0.4 is 5.32 Å². The molecule has 0 unspecified atom stereocenters. The van der Waals surface area contributed by atoms with Crippen LogP contribution in [0.15, 0.2) is 23.3 Å². The Hall–Kier alpha value is -1.54. The smallest absolute Gasteiger partial charge is 0.183 e. The van der Waals surface area contributed by atoms with Crippen molar-refractivity contribution in [3.05, 3.63) is 24.0 Å². The Kier molecular flexibility index (Phi) is 3.95. The van der Waals surface area contributed by atoms with Crippen LogP contribution in [0.4, 0.5) is 5.69 Å². The number of nitrogens with zero attached hydrogens (tertiary/aromatic N) is 3. The molecule has 0 saturated heterocycles. The average molecular weight is 206 g/mol. The van der Waals surface area contributed by atoms with E-state index in [4.69, 9.17) is 5.26 Å². The molecule has 0 saturated carbocycles. The van der Waals surface area contributed by atoms with E-state index in [0.717, 1.165) is 11.4 Å². The van der Waals surface area contributed by atoms with E-state index in [2.05, 4.69) is 15.3 Å². The Morgan fingerprint density at radius 3 is 3.07 bits per heavy atom. The summed E-state index contributed by atoms with van der Waals surface area (Å²) >= 11 is 1.39. The number of aliphatic imine (C=N–C) groups is 1. The van der Waals surface area contributed by atoms with Crippen LogP contribution in [0.25, 0.3) is 0 Å². The minimum Gasteiger partial charge on any atom is -0.271 e. The summed E-state index contributed by atoms with van der Waals surface area (Å²) in [6.45, 7) is 1.90. The van der Waals surface area contributed by atoms with Gasteiger partial charge in [0, 0.05) is 11.9 Å². The summed E-state index contributed by atoms with van der Waals surface area (Å²) in [4.78, 5) is 8.29. The van der Waals surface area contributed by atoms with Crippen molar-refractivity contribution in [2.24, 2.45) is 4.99 Å². The number of hydrogen-bond donors (Lipinski definition) is 1. The molecule has 0 aliphatic rings. The first-order valence-corrected chi connectivity index (χ1v) is 5.19. The third-order valence-electron chi connectivity index (χ3n) is 1.47. The molecular formula is C9H10N4S. The summed E-state index contributed by atoms with van der Waals surface area (Å²) in [7, 11) is 0. The molecule has 1 aromatic rings. The van der Waals surface area contributed by atoms with Gasteiger partial charge in [-0.15, -0.1) is 0 Å². The highest BCUT2D eigenvalue weighted by molar-refractivity contribution is 8.13. The van der Waals surface area contributed by atoms with Gasteiger partial charge in [0.1, 0.15) is 0 Å². The summed E-state index contributed by atoms with van der Waals surface area (Å²) in [6, 6.07) is 3.65. The lowest BCUT2D eigenvalue weighted by molar-refractivity contribution is 1.19. The van der Waals surface area contributed by atoms with Gasteiger partial charge in [-0.3, -0.25) is 10.3 Å². The first-order valence-electron chi connectivity index (χ1n) is 3.96. The average Bonchev–Trinajstić information content (AvgIpc) is 2.17. The molecule has 1 N–H and O–H groups in total. The van der Waals surface area contributed by atoms with Gasteiger partial charge >= 0.3 is 0 Å². The minimum atomic E-state index is 0.582. The second kappa shape index (κ2) is 5.25. The van der Waals surface area contributed by atoms with Gasteiger partial charge in [0.05, 0.1) is 5.69 Å². The van der Waals surface area contributed by atoms with Crippen LogP contribution in [0.3, 0.4) is 0 Å². The van der Waals surface area contributed by atoms with E-state index < -0.39 is 0 Å². The zero-order chi connectivity index (χ0) is 10.4. The Morgan fingerprint density at radius 1 is 1.71 bits per heavy atom. The molecule has 14 heavy (non-hydrogen) atoms. The predicted molar refractivity (Wildman–Crippen MR) is 58.3 cm³/mol. The standard InChI is InChI=1S/C9H10N4S/c1-7-5-8(3-4-11-7)13-9(14-2)12-6-10/h3-5H,1-2H3,(H,11,12,13). The van der Waals surface area contributed by atoms with Gasteiger partial charge in [0.25, 0.3) is 0 Å². The van der Waals surface area contributed by atoms with Gasteiger partial charge in [-0.1, -0.05) is 11.8 Å². The molecule has 5 heteroatoms. The molecule has 0 atom stereocenters. The molecule has 1 heterocycles. The second-order valence-corrected chi connectivity index (χ2v) is 3.31. The summed E-state index contributed by atoms with van der Waals surface area (Å²) in [6.07, 6.45) is 5.39. The SMILES string of the molecule is CSC(=Nc1ccnc(C)c1)NC#N. The molecule has 1 rings (SSSR count). The minimum absolute atomic E-state index is 0.582. The van der Waals surface area contributed by atoms with Gasteiger partial charge in [-0.25, -0.2) is 4.99 Å². The number of thioether (sulfide) groups is 1. The molecule has 4 nitrogen and oxygen atoms in total. The third-order valence-corrected chi connectivity index (χ3v) is 2.05. The molecule has 0 bridgehead atoms. The molecule has 0 spiro atoms. The molecule has 0 aliphatic carbocycles. The van der Waals surface area contributed by atoms with Crippen LogP contribution in [0.2, 0.25) is 0 Å². The van der Waals surface area contributed by atoms with E-state index in [1.54, 1.807) is 12.3 Å². The van der Waals surface area contributed by atoms with E-state index in [0.29, 0.717) is 5.17 Å². The number of rotatable bonds is 1. The van der Waals surface area contributed by atoms with Crippen molar-refractivity contribution in [3.63, 3.8) is 0 Å². The van der Waals surface area contributed by atoms with Gasteiger partial charge in [-0.2, -0.15) is 5.26 Å². The van der Waals surface area contributed by atoms with Crippen molar-refractivity contribution < 1.29 is 0 Å². The van der Waals surface area contributed by atoms with E-state index in [1.165, 1.54) is 11.8 Å². The van der Waals surface area contributed by atoms with Crippen LogP contribution >= 0.6 is 11.8 Å². The van der Waals surface area contributed by atoms with Crippen molar-refractivity contribution in [1.82, 2.24) is 10.3 Å². The number of hydrogen-bond acceptors (Lipinski definition) is 4. The molecular weight excluding hydrogens is 196 g/mol. The highest BCUT2D eigenvalue weighted by atomic mass is 32.2. The Morgan fingerprint density at radius 2 is 2.50 bits per heavy atom. The summed E-state index contributed by atoms with van der Waals surface area (Å²) in [5, 5.41) is 11.5.